The van der Waals surface area contributed by atoms with Crippen LogP contribution in [0.4, 0.5) is 17.8 Å². The number of hydrogen-bond acceptors (Lipinski definition) is 6. The first-order chi connectivity index (χ1) is 16.7. The van der Waals surface area contributed by atoms with Gasteiger partial charge in [-0.15, -0.1) is 0 Å². The van der Waals surface area contributed by atoms with Crippen LogP contribution >= 0.6 is 0 Å². The molecule has 0 radical (unpaired) electrons. The third-order valence-electron chi connectivity index (χ3n) is 8.16. The van der Waals surface area contributed by atoms with E-state index in [1.54, 1.807) is 0 Å². The number of nitrogens with zero attached hydrogens (tertiary/aromatic N) is 3. The van der Waals surface area contributed by atoms with Crippen molar-refractivity contribution >= 4 is 17.8 Å². The molecule has 0 unspecified atom stereocenters. The van der Waals surface area contributed by atoms with Gasteiger partial charge in [0.25, 0.3) is 0 Å². The maximum Gasteiger partial charge on any atom is 0.229 e. The van der Waals surface area contributed by atoms with E-state index in [0.717, 1.165) is 36.7 Å². The molecule has 1 aromatic carbocycles. The zero-order valence-corrected chi connectivity index (χ0v) is 20.9. The molecule has 6 nitrogen and oxygen atoms in total. The van der Waals surface area contributed by atoms with Gasteiger partial charge < -0.3 is 16.0 Å². The fourth-order valence-corrected chi connectivity index (χ4v) is 6.97. The number of rotatable bonds is 13. The Kier molecular flexibility index (Phi) is 7.51. The highest BCUT2D eigenvalue weighted by Crippen LogP contribution is 2.56. The number of unbranched alkanes of at least 4 members (excludes halogenated alkanes) is 5. The van der Waals surface area contributed by atoms with Crippen LogP contribution in [0, 0.1) is 17.8 Å². The van der Waals surface area contributed by atoms with Crippen molar-refractivity contribution in [3.63, 3.8) is 0 Å². The molecule has 0 aliphatic heterocycles. The van der Waals surface area contributed by atoms with Crippen molar-refractivity contribution in [2.45, 2.75) is 96.1 Å². The summed E-state index contributed by atoms with van der Waals surface area (Å²) in [6.45, 7) is 3.88. The molecule has 4 aliphatic carbocycles. The van der Waals surface area contributed by atoms with Crippen LogP contribution in [0.15, 0.2) is 30.3 Å². The third kappa shape index (κ3) is 6.00. The molecule has 2 aromatic rings. The summed E-state index contributed by atoms with van der Waals surface area (Å²) in [5, 5.41) is 10.8. The van der Waals surface area contributed by atoms with E-state index >= 15 is 0 Å². The van der Waals surface area contributed by atoms with Gasteiger partial charge in [0, 0.05) is 18.6 Å². The van der Waals surface area contributed by atoms with Gasteiger partial charge in [-0.05, 0) is 68.3 Å². The molecule has 4 saturated carbocycles. The average molecular weight is 463 g/mol. The minimum absolute atomic E-state index is 0.184. The lowest BCUT2D eigenvalue weighted by Crippen LogP contribution is -2.55. The first-order valence-corrected chi connectivity index (χ1v) is 13.8. The van der Waals surface area contributed by atoms with E-state index in [4.69, 9.17) is 15.0 Å². The molecule has 6 rings (SSSR count). The molecule has 1 heterocycles. The van der Waals surface area contributed by atoms with Crippen molar-refractivity contribution in [1.82, 2.24) is 15.0 Å². The lowest BCUT2D eigenvalue weighted by molar-refractivity contribution is 0.0103. The predicted molar refractivity (Wildman–Crippen MR) is 140 cm³/mol. The van der Waals surface area contributed by atoms with E-state index in [1.807, 2.05) is 6.07 Å². The van der Waals surface area contributed by atoms with Gasteiger partial charge in [0.2, 0.25) is 17.8 Å². The summed E-state index contributed by atoms with van der Waals surface area (Å²) >= 11 is 0. The van der Waals surface area contributed by atoms with Gasteiger partial charge in [-0.1, -0.05) is 69.4 Å². The van der Waals surface area contributed by atoms with Gasteiger partial charge in [0.05, 0.1) is 0 Å². The molecule has 1 aromatic heterocycles. The van der Waals surface area contributed by atoms with Crippen LogP contribution < -0.4 is 16.0 Å². The van der Waals surface area contributed by atoms with Crippen molar-refractivity contribution in [2.24, 2.45) is 17.8 Å². The minimum atomic E-state index is 0.184. The molecule has 34 heavy (non-hydrogen) atoms. The number of aromatic nitrogens is 3. The molecular formula is C28H42N6. The largest absolute Gasteiger partial charge is 0.354 e. The van der Waals surface area contributed by atoms with Crippen LogP contribution in [-0.4, -0.2) is 27.0 Å². The summed E-state index contributed by atoms with van der Waals surface area (Å²) in [5.74, 6) is 4.74. The second-order valence-electron chi connectivity index (χ2n) is 11.2. The molecule has 6 heteroatoms. The topological polar surface area (TPSA) is 74.8 Å². The summed E-state index contributed by atoms with van der Waals surface area (Å²) in [4.78, 5) is 14.4. The van der Waals surface area contributed by atoms with E-state index in [1.165, 1.54) is 76.2 Å². The molecular weight excluding hydrogens is 420 g/mol. The number of hydrogen-bond donors (Lipinski definition) is 3. The first kappa shape index (κ1) is 23.4. The van der Waals surface area contributed by atoms with Crippen molar-refractivity contribution < 1.29 is 0 Å². The second-order valence-corrected chi connectivity index (χ2v) is 11.2. The Bertz CT molecular complexity index is 879. The Morgan fingerprint density at radius 1 is 0.735 bits per heavy atom. The van der Waals surface area contributed by atoms with Crippen LogP contribution in [-0.2, 0) is 6.54 Å². The predicted octanol–water partition coefficient (Wildman–Crippen LogP) is 6.64. The molecule has 4 aliphatic rings. The van der Waals surface area contributed by atoms with Gasteiger partial charge in [-0.3, -0.25) is 0 Å². The zero-order valence-electron chi connectivity index (χ0n) is 20.9. The summed E-state index contributed by atoms with van der Waals surface area (Å²) in [6, 6.07) is 10.4. The number of anilines is 3. The number of nitrogens with one attached hydrogen (secondary N) is 3. The van der Waals surface area contributed by atoms with E-state index in [0.29, 0.717) is 18.4 Å². The molecule has 4 bridgehead atoms. The Labute approximate surface area is 205 Å². The van der Waals surface area contributed by atoms with E-state index in [9.17, 15) is 0 Å². The summed E-state index contributed by atoms with van der Waals surface area (Å²) in [7, 11) is 0. The van der Waals surface area contributed by atoms with E-state index in [2.05, 4.69) is 47.1 Å². The highest BCUT2D eigenvalue weighted by Gasteiger charge is 2.51. The smallest absolute Gasteiger partial charge is 0.229 e. The lowest BCUT2D eigenvalue weighted by Gasteiger charge is -2.56. The molecule has 0 spiro atoms. The van der Waals surface area contributed by atoms with Crippen LogP contribution in [0.25, 0.3) is 0 Å². The summed E-state index contributed by atoms with van der Waals surface area (Å²) in [6.07, 6.45) is 15.8. The first-order valence-electron chi connectivity index (χ1n) is 13.8. The Morgan fingerprint density at radius 3 is 2.00 bits per heavy atom. The van der Waals surface area contributed by atoms with Crippen molar-refractivity contribution in [3.05, 3.63) is 35.9 Å². The van der Waals surface area contributed by atoms with Crippen molar-refractivity contribution in [1.29, 1.82) is 0 Å². The van der Waals surface area contributed by atoms with Gasteiger partial charge in [0.1, 0.15) is 0 Å². The van der Waals surface area contributed by atoms with Crippen LogP contribution in [0.1, 0.15) is 89.5 Å². The molecule has 0 atom stereocenters. The highest BCUT2D eigenvalue weighted by molar-refractivity contribution is 5.44. The van der Waals surface area contributed by atoms with Crippen LogP contribution in [0.5, 0.6) is 0 Å². The van der Waals surface area contributed by atoms with Crippen LogP contribution in [0.3, 0.4) is 0 Å². The third-order valence-corrected chi connectivity index (χ3v) is 8.16. The standard InChI is InChI=1S/C28H42N6/c1-2-3-4-5-6-10-13-29-25-31-26(30-20-21-11-8-7-9-12-21)33-27(32-25)34-28-17-22-14-23(18-28)16-24(15-22)19-28/h7-9,11-12,22-24H,2-6,10,13-20H2,1H3,(H3,29,30,31,32,33,34). The van der Waals surface area contributed by atoms with Crippen LogP contribution in [0.2, 0.25) is 0 Å². The number of benzene rings is 1. The van der Waals surface area contributed by atoms with Gasteiger partial charge in [-0.2, -0.15) is 15.0 Å². The minimum Gasteiger partial charge on any atom is -0.354 e. The highest BCUT2D eigenvalue weighted by atomic mass is 15.3. The van der Waals surface area contributed by atoms with Gasteiger partial charge >= 0.3 is 0 Å². The van der Waals surface area contributed by atoms with Crippen molar-refractivity contribution in [2.75, 3.05) is 22.5 Å². The average Bonchev–Trinajstić information content (AvgIpc) is 2.82. The maximum absolute atomic E-state index is 4.83. The maximum atomic E-state index is 4.83. The van der Waals surface area contributed by atoms with Gasteiger partial charge in [-0.25, -0.2) is 0 Å². The monoisotopic (exact) mass is 462 g/mol. The normalized spacial score (nSPS) is 27.0. The Morgan fingerprint density at radius 2 is 1.32 bits per heavy atom. The molecule has 0 amide bonds. The van der Waals surface area contributed by atoms with Gasteiger partial charge in [0.15, 0.2) is 0 Å². The zero-order chi connectivity index (χ0) is 23.2. The van der Waals surface area contributed by atoms with E-state index < -0.39 is 0 Å². The molecule has 184 valence electrons. The molecule has 4 fully saturated rings. The fourth-order valence-electron chi connectivity index (χ4n) is 6.97. The van der Waals surface area contributed by atoms with E-state index in [-0.39, 0.29) is 5.54 Å². The molecule has 0 saturated heterocycles. The fraction of sp³-hybridized carbons (Fsp3) is 0.679. The molecule has 3 N–H and O–H groups in total. The summed E-state index contributed by atoms with van der Waals surface area (Å²) in [5.41, 5.74) is 1.41. The Balaban J connectivity index is 1.25. The lowest BCUT2D eigenvalue weighted by atomic mass is 9.53. The quantitative estimate of drug-likeness (QED) is 0.290. The second kappa shape index (κ2) is 10.9. The Hall–Kier alpha value is -2.37. The van der Waals surface area contributed by atoms with Crippen molar-refractivity contribution in [3.8, 4) is 0 Å². The SMILES string of the molecule is CCCCCCCCNc1nc(NCc2ccccc2)nc(NC23CC4CC(CC(C4)C2)C3)n1. The summed E-state index contributed by atoms with van der Waals surface area (Å²) < 4.78 is 0.